The number of H-pyrrole nitrogens is 1. The van der Waals surface area contributed by atoms with Crippen molar-refractivity contribution < 1.29 is 4.79 Å². The Hall–Kier alpha value is -1.73. The van der Waals surface area contributed by atoms with Crippen LogP contribution < -0.4 is 4.90 Å². The average molecular weight is 319 g/mol. The number of likely N-dealkylation sites (tertiary alicyclic amines) is 1. The van der Waals surface area contributed by atoms with Gasteiger partial charge in [-0.2, -0.15) is 5.10 Å². The molecule has 0 spiro atoms. The lowest BCUT2D eigenvalue weighted by molar-refractivity contribution is -0.119. The van der Waals surface area contributed by atoms with Crippen molar-refractivity contribution in [1.29, 1.82) is 0 Å². The van der Waals surface area contributed by atoms with Crippen molar-refractivity contribution in [2.45, 2.75) is 25.7 Å². The molecule has 22 heavy (non-hydrogen) atoms. The SMILES string of the molecule is Cc1cc([C@@H]2CCCN(CC(=O)N(C)c3nccs3)C2)n[nH]1. The largest absolute Gasteiger partial charge is 0.294 e. The number of likely N-dealkylation sites (N-methyl/N-ethyl adjacent to an activating group) is 1. The highest BCUT2D eigenvalue weighted by atomic mass is 32.1. The molecule has 3 rings (SSSR count). The van der Waals surface area contributed by atoms with Crippen molar-refractivity contribution in [2.75, 3.05) is 31.6 Å². The van der Waals surface area contributed by atoms with E-state index in [0.29, 0.717) is 12.5 Å². The Morgan fingerprint density at radius 1 is 1.59 bits per heavy atom. The third-order valence-corrected chi connectivity index (χ3v) is 4.94. The Bertz CT molecular complexity index is 624. The first kappa shape index (κ1) is 15.2. The van der Waals surface area contributed by atoms with Crippen LogP contribution in [0.2, 0.25) is 0 Å². The lowest BCUT2D eigenvalue weighted by Gasteiger charge is -2.32. The minimum Gasteiger partial charge on any atom is -0.294 e. The second-order valence-corrected chi connectivity index (χ2v) is 6.69. The molecule has 118 valence electrons. The Morgan fingerprint density at radius 2 is 2.45 bits per heavy atom. The first-order valence-electron chi connectivity index (χ1n) is 7.54. The second kappa shape index (κ2) is 6.58. The van der Waals surface area contributed by atoms with Crippen LogP contribution in [-0.2, 0) is 4.79 Å². The molecule has 7 heteroatoms. The molecule has 6 nitrogen and oxygen atoms in total. The molecule has 1 amide bonds. The topological polar surface area (TPSA) is 65.1 Å². The van der Waals surface area contributed by atoms with Crippen LogP contribution in [0.4, 0.5) is 5.13 Å². The number of hydrogen-bond acceptors (Lipinski definition) is 5. The fraction of sp³-hybridized carbons (Fsp3) is 0.533. The van der Waals surface area contributed by atoms with Crippen LogP contribution >= 0.6 is 11.3 Å². The van der Waals surface area contributed by atoms with Crippen LogP contribution in [0.3, 0.4) is 0 Å². The number of anilines is 1. The fourth-order valence-corrected chi connectivity index (χ4v) is 3.50. The summed E-state index contributed by atoms with van der Waals surface area (Å²) in [5.74, 6) is 0.505. The van der Waals surface area contributed by atoms with Crippen LogP contribution in [0.25, 0.3) is 0 Å². The fourth-order valence-electron chi connectivity index (χ4n) is 2.87. The van der Waals surface area contributed by atoms with Crippen molar-refractivity contribution in [3.05, 3.63) is 29.0 Å². The molecule has 2 aromatic rings. The monoisotopic (exact) mass is 319 g/mol. The highest BCUT2D eigenvalue weighted by molar-refractivity contribution is 7.13. The number of amides is 1. The van der Waals surface area contributed by atoms with E-state index in [4.69, 9.17) is 0 Å². The molecule has 1 fully saturated rings. The van der Waals surface area contributed by atoms with Crippen molar-refractivity contribution in [1.82, 2.24) is 20.1 Å². The van der Waals surface area contributed by atoms with E-state index in [1.807, 2.05) is 12.3 Å². The number of aromatic amines is 1. The molecule has 0 aliphatic carbocycles. The molecule has 0 saturated carbocycles. The van der Waals surface area contributed by atoms with Gasteiger partial charge in [-0.3, -0.25) is 19.7 Å². The van der Waals surface area contributed by atoms with Crippen LogP contribution in [0.15, 0.2) is 17.6 Å². The molecule has 1 atom stereocenters. The van der Waals surface area contributed by atoms with E-state index < -0.39 is 0 Å². The summed E-state index contributed by atoms with van der Waals surface area (Å²) in [6.45, 7) is 4.32. The quantitative estimate of drug-likeness (QED) is 0.936. The van der Waals surface area contributed by atoms with Gasteiger partial charge in [-0.1, -0.05) is 0 Å². The van der Waals surface area contributed by atoms with Crippen LogP contribution in [-0.4, -0.2) is 52.7 Å². The normalized spacial score (nSPS) is 19.3. The number of thiazole rings is 1. The highest BCUT2D eigenvalue weighted by Gasteiger charge is 2.25. The van der Waals surface area contributed by atoms with Crippen molar-refractivity contribution in [3.8, 4) is 0 Å². The van der Waals surface area contributed by atoms with Crippen LogP contribution in [0.5, 0.6) is 0 Å². The predicted octanol–water partition coefficient (Wildman–Crippen LogP) is 2.02. The van der Waals surface area contributed by atoms with Gasteiger partial charge in [0.15, 0.2) is 5.13 Å². The summed E-state index contributed by atoms with van der Waals surface area (Å²) in [6, 6.07) is 2.11. The number of carbonyl (C=O) groups is 1. The van der Waals surface area contributed by atoms with Gasteiger partial charge in [-0.25, -0.2) is 4.98 Å². The minimum absolute atomic E-state index is 0.0915. The Balaban J connectivity index is 1.59. The van der Waals surface area contributed by atoms with Crippen LogP contribution in [0.1, 0.15) is 30.1 Å². The lowest BCUT2D eigenvalue weighted by atomic mass is 9.94. The van der Waals surface area contributed by atoms with E-state index >= 15 is 0 Å². The summed E-state index contributed by atoms with van der Waals surface area (Å²) >= 11 is 1.48. The second-order valence-electron chi connectivity index (χ2n) is 5.82. The van der Waals surface area contributed by atoms with Gasteiger partial charge in [0.2, 0.25) is 5.91 Å². The Labute approximate surface area is 134 Å². The predicted molar refractivity (Wildman–Crippen MR) is 87.3 cm³/mol. The number of nitrogens with zero attached hydrogens (tertiary/aromatic N) is 4. The van der Waals surface area contributed by atoms with Gasteiger partial charge in [-0.15, -0.1) is 11.3 Å². The van der Waals surface area contributed by atoms with Gasteiger partial charge >= 0.3 is 0 Å². The zero-order valence-corrected chi connectivity index (χ0v) is 13.8. The number of hydrogen-bond donors (Lipinski definition) is 1. The molecular formula is C15H21N5OS. The third-order valence-electron chi connectivity index (χ3n) is 4.09. The molecule has 0 unspecified atom stereocenters. The van der Waals surface area contributed by atoms with Crippen LogP contribution in [0, 0.1) is 6.92 Å². The number of carbonyl (C=O) groups excluding carboxylic acids is 1. The maximum atomic E-state index is 12.4. The number of rotatable bonds is 4. The van der Waals surface area contributed by atoms with Crippen molar-refractivity contribution in [3.63, 3.8) is 0 Å². The molecule has 0 aromatic carbocycles. The molecule has 2 aromatic heterocycles. The van der Waals surface area contributed by atoms with Gasteiger partial charge in [0, 0.05) is 36.8 Å². The van der Waals surface area contributed by atoms with E-state index in [1.54, 1.807) is 18.1 Å². The van der Waals surface area contributed by atoms with Gasteiger partial charge in [0.1, 0.15) is 0 Å². The number of nitrogens with one attached hydrogen (secondary N) is 1. The van der Waals surface area contributed by atoms with E-state index in [1.165, 1.54) is 11.3 Å². The molecule has 1 N–H and O–H groups in total. The van der Waals surface area contributed by atoms with E-state index in [0.717, 1.165) is 42.5 Å². The Morgan fingerprint density at radius 3 is 3.14 bits per heavy atom. The van der Waals surface area contributed by atoms with Gasteiger partial charge in [0.05, 0.1) is 12.2 Å². The van der Waals surface area contributed by atoms with Crippen molar-refractivity contribution in [2.24, 2.45) is 0 Å². The lowest BCUT2D eigenvalue weighted by Crippen LogP contribution is -2.42. The minimum atomic E-state index is 0.0915. The summed E-state index contributed by atoms with van der Waals surface area (Å²) in [7, 11) is 1.79. The third kappa shape index (κ3) is 3.36. The first-order chi connectivity index (χ1) is 10.6. The Kier molecular flexibility index (Phi) is 4.54. The zero-order chi connectivity index (χ0) is 15.5. The summed E-state index contributed by atoms with van der Waals surface area (Å²) in [6.07, 6.45) is 3.96. The van der Waals surface area contributed by atoms with E-state index in [2.05, 4.69) is 26.1 Å². The summed E-state index contributed by atoms with van der Waals surface area (Å²) in [4.78, 5) is 20.4. The smallest absolute Gasteiger partial charge is 0.242 e. The molecule has 1 aliphatic rings. The van der Waals surface area contributed by atoms with Gasteiger partial charge < -0.3 is 0 Å². The zero-order valence-electron chi connectivity index (χ0n) is 13.0. The standard InChI is InChI=1S/C15H21N5OS/c1-11-8-13(18-17-11)12-4-3-6-20(9-12)10-14(21)19(2)15-16-5-7-22-15/h5,7-8,12H,3-4,6,9-10H2,1-2H3,(H,17,18)/t12-/m1/s1. The van der Waals surface area contributed by atoms with Gasteiger partial charge in [-0.05, 0) is 32.4 Å². The summed E-state index contributed by atoms with van der Waals surface area (Å²) in [5.41, 5.74) is 2.20. The van der Waals surface area contributed by atoms with Crippen molar-refractivity contribution >= 4 is 22.4 Å². The molecule has 1 aliphatic heterocycles. The number of piperidine rings is 1. The van der Waals surface area contributed by atoms with E-state index in [9.17, 15) is 4.79 Å². The molecule has 3 heterocycles. The molecule has 0 radical (unpaired) electrons. The maximum absolute atomic E-state index is 12.4. The molecular weight excluding hydrogens is 298 g/mol. The molecule has 1 saturated heterocycles. The number of aryl methyl sites for hydroxylation is 1. The summed E-state index contributed by atoms with van der Waals surface area (Å²) in [5, 5.41) is 10.0. The highest BCUT2D eigenvalue weighted by Crippen LogP contribution is 2.26. The number of aromatic nitrogens is 3. The first-order valence-corrected chi connectivity index (χ1v) is 8.42. The summed E-state index contributed by atoms with van der Waals surface area (Å²) < 4.78 is 0. The van der Waals surface area contributed by atoms with E-state index in [-0.39, 0.29) is 5.91 Å². The maximum Gasteiger partial charge on any atom is 0.242 e. The van der Waals surface area contributed by atoms with Gasteiger partial charge in [0.25, 0.3) is 0 Å². The average Bonchev–Trinajstić information content (AvgIpc) is 3.18. The molecule has 0 bridgehead atoms.